The molecule has 7 nitrogen and oxygen atoms in total. The van der Waals surface area contributed by atoms with Crippen LogP contribution in [0.25, 0.3) is 11.3 Å². The van der Waals surface area contributed by atoms with Crippen LogP contribution in [-0.2, 0) is 6.54 Å². The predicted octanol–water partition coefficient (Wildman–Crippen LogP) is 2.91. The number of hydrogen-bond acceptors (Lipinski definition) is 5. The first-order valence-corrected chi connectivity index (χ1v) is 6.95. The zero-order chi connectivity index (χ0) is 16.2. The van der Waals surface area contributed by atoms with Gasteiger partial charge in [0.1, 0.15) is 10.8 Å². The Morgan fingerprint density at radius 3 is 2.43 bits per heavy atom. The summed E-state index contributed by atoms with van der Waals surface area (Å²) >= 11 is 0. The molecule has 0 aliphatic carbocycles. The number of benzene rings is 2. The van der Waals surface area contributed by atoms with Crippen LogP contribution in [0.2, 0.25) is 0 Å². The van der Waals surface area contributed by atoms with Crippen molar-refractivity contribution in [2.75, 3.05) is 7.11 Å². The zero-order valence-electron chi connectivity index (χ0n) is 12.4. The molecule has 3 rings (SSSR count). The molecule has 0 saturated heterocycles. The highest BCUT2D eigenvalue weighted by molar-refractivity contribution is 5.68. The molecule has 0 N–H and O–H groups in total. The minimum Gasteiger partial charge on any atom is -0.497 e. The van der Waals surface area contributed by atoms with Crippen molar-refractivity contribution in [2.24, 2.45) is 0 Å². The third-order valence-corrected chi connectivity index (χ3v) is 3.43. The number of hydrogen-bond donors (Lipinski definition) is 0. The molecule has 0 spiro atoms. The van der Waals surface area contributed by atoms with Gasteiger partial charge in [-0.1, -0.05) is 30.3 Å². The minimum atomic E-state index is -0.520. The van der Waals surface area contributed by atoms with Crippen LogP contribution in [0.1, 0.15) is 5.56 Å². The lowest BCUT2D eigenvalue weighted by molar-refractivity contribution is -0.388. The van der Waals surface area contributed by atoms with Gasteiger partial charge in [0.15, 0.2) is 5.69 Å². The third kappa shape index (κ3) is 3.03. The maximum absolute atomic E-state index is 11.2. The van der Waals surface area contributed by atoms with E-state index in [0.717, 1.165) is 5.56 Å². The van der Waals surface area contributed by atoms with Crippen LogP contribution in [0.5, 0.6) is 5.75 Å². The molecule has 3 aromatic rings. The lowest BCUT2D eigenvalue weighted by atomic mass is 10.1. The van der Waals surface area contributed by atoms with Gasteiger partial charge >= 0.3 is 5.82 Å². The second kappa shape index (κ2) is 6.27. The lowest BCUT2D eigenvalue weighted by Gasteiger charge is -2.06. The Kier molecular flexibility index (Phi) is 4.01. The van der Waals surface area contributed by atoms with Crippen molar-refractivity contribution in [1.29, 1.82) is 0 Å². The van der Waals surface area contributed by atoms with Crippen LogP contribution in [0.15, 0.2) is 54.6 Å². The number of rotatable bonds is 5. The molecule has 7 heteroatoms. The van der Waals surface area contributed by atoms with E-state index < -0.39 is 4.92 Å². The van der Waals surface area contributed by atoms with Crippen LogP contribution in [0.4, 0.5) is 5.82 Å². The van der Waals surface area contributed by atoms with E-state index in [4.69, 9.17) is 4.74 Å². The largest absolute Gasteiger partial charge is 0.497 e. The summed E-state index contributed by atoms with van der Waals surface area (Å²) in [5.74, 6) is 0.421. The van der Waals surface area contributed by atoms with Crippen LogP contribution < -0.4 is 4.74 Å². The topological polar surface area (TPSA) is 83.1 Å². The molecule has 0 atom stereocenters. The van der Waals surface area contributed by atoms with Crippen LogP contribution in [-0.4, -0.2) is 27.0 Å². The van der Waals surface area contributed by atoms with Gasteiger partial charge in [0, 0.05) is 5.56 Å². The highest BCUT2D eigenvalue weighted by Crippen LogP contribution is 2.29. The molecule has 0 unspecified atom stereocenters. The van der Waals surface area contributed by atoms with Gasteiger partial charge in [-0.05, 0) is 34.8 Å². The molecule has 2 aromatic carbocycles. The second-order valence-corrected chi connectivity index (χ2v) is 4.89. The lowest BCUT2D eigenvalue weighted by Crippen LogP contribution is -2.04. The molecule has 0 aliphatic heterocycles. The molecule has 116 valence electrons. The summed E-state index contributed by atoms with van der Waals surface area (Å²) in [6, 6.07) is 16.6. The van der Waals surface area contributed by atoms with Crippen molar-refractivity contribution in [3.63, 3.8) is 0 Å². The van der Waals surface area contributed by atoms with Crippen molar-refractivity contribution < 1.29 is 9.66 Å². The first kappa shape index (κ1) is 14.7. The van der Waals surface area contributed by atoms with E-state index in [-0.39, 0.29) is 5.82 Å². The van der Waals surface area contributed by atoms with Gasteiger partial charge in [0.25, 0.3) is 0 Å². The maximum Gasteiger partial charge on any atom is 0.418 e. The van der Waals surface area contributed by atoms with Crippen molar-refractivity contribution in [3.05, 3.63) is 70.3 Å². The van der Waals surface area contributed by atoms with Crippen molar-refractivity contribution in [1.82, 2.24) is 15.0 Å². The Morgan fingerprint density at radius 2 is 1.83 bits per heavy atom. The van der Waals surface area contributed by atoms with E-state index in [1.165, 1.54) is 4.68 Å². The van der Waals surface area contributed by atoms with Crippen molar-refractivity contribution in [3.8, 4) is 17.0 Å². The van der Waals surface area contributed by atoms with E-state index in [1.807, 2.05) is 30.3 Å². The highest BCUT2D eigenvalue weighted by Gasteiger charge is 2.25. The predicted molar refractivity (Wildman–Crippen MR) is 84.2 cm³/mol. The Morgan fingerprint density at radius 1 is 1.13 bits per heavy atom. The van der Waals surface area contributed by atoms with Gasteiger partial charge in [0.05, 0.1) is 18.9 Å². The first-order valence-electron chi connectivity index (χ1n) is 6.95. The van der Waals surface area contributed by atoms with Gasteiger partial charge in [-0.3, -0.25) is 0 Å². The maximum atomic E-state index is 11.2. The molecule has 0 bridgehead atoms. The number of nitro groups is 1. The number of aromatic nitrogens is 3. The quantitative estimate of drug-likeness (QED) is 0.534. The first-order chi connectivity index (χ1) is 11.2. The highest BCUT2D eigenvalue weighted by atomic mass is 16.6. The summed E-state index contributed by atoms with van der Waals surface area (Å²) in [5.41, 5.74) is 2.03. The van der Waals surface area contributed by atoms with Gasteiger partial charge in [-0.2, -0.15) is 0 Å². The van der Waals surface area contributed by atoms with Crippen LogP contribution in [0.3, 0.4) is 0 Å². The third-order valence-electron chi connectivity index (χ3n) is 3.43. The smallest absolute Gasteiger partial charge is 0.418 e. The molecule has 0 fully saturated rings. The number of methoxy groups -OCH3 is 1. The number of ether oxygens (including phenoxy) is 1. The van der Waals surface area contributed by atoms with Gasteiger partial charge in [-0.25, -0.2) is 4.68 Å². The fourth-order valence-electron chi connectivity index (χ4n) is 2.32. The molecular weight excluding hydrogens is 296 g/mol. The Labute approximate surface area is 132 Å². The Bertz CT molecular complexity index is 813. The second-order valence-electron chi connectivity index (χ2n) is 4.89. The normalized spacial score (nSPS) is 10.5. The summed E-state index contributed by atoms with van der Waals surface area (Å²) in [6.45, 7) is 0.406. The van der Waals surface area contributed by atoms with Gasteiger partial charge in [0.2, 0.25) is 0 Å². The van der Waals surface area contributed by atoms with E-state index >= 15 is 0 Å². The van der Waals surface area contributed by atoms with E-state index in [2.05, 4.69) is 10.3 Å². The molecule has 23 heavy (non-hydrogen) atoms. The molecule has 0 saturated carbocycles. The van der Waals surface area contributed by atoms with Crippen LogP contribution in [0, 0.1) is 10.1 Å². The van der Waals surface area contributed by atoms with Gasteiger partial charge < -0.3 is 14.9 Å². The summed E-state index contributed by atoms with van der Waals surface area (Å²) in [4.78, 5) is 10.7. The SMILES string of the molecule is COc1ccc(-c2c([N+](=O)[O-])nnn2Cc2ccccc2)cc1. The average Bonchev–Trinajstić information content (AvgIpc) is 3.00. The van der Waals surface area contributed by atoms with Gasteiger partial charge in [-0.15, -0.1) is 0 Å². The summed E-state index contributed by atoms with van der Waals surface area (Å²) < 4.78 is 6.66. The van der Waals surface area contributed by atoms with E-state index in [1.54, 1.807) is 31.4 Å². The average molecular weight is 310 g/mol. The monoisotopic (exact) mass is 310 g/mol. The van der Waals surface area contributed by atoms with E-state index in [9.17, 15) is 10.1 Å². The summed E-state index contributed by atoms with van der Waals surface area (Å²) in [7, 11) is 1.57. The van der Waals surface area contributed by atoms with E-state index in [0.29, 0.717) is 23.6 Å². The fourth-order valence-corrected chi connectivity index (χ4v) is 2.32. The minimum absolute atomic E-state index is 0.258. The molecule has 0 amide bonds. The molecule has 1 heterocycles. The molecular formula is C16H14N4O3. The molecule has 0 radical (unpaired) electrons. The fraction of sp³-hybridized carbons (Fsp3) is 0.125. The standard InChI is InChI=1S/C16H14N4O3/c1-23-14-9-7-13(8-10-14)15-16(20(21)22)17-18-19(15)11-12-5-3-2-4-6-12/h2-10H,11H2,1H3. The number of nitrogens with zero attached hydrogens (tertiary/aromatic N) is 4. The van der Waals surface area contributed by atoms with Crippen LogP contribution >= 0.6 is 0 Å². The summed E-state index contributed by atoms with van der Waals surface area (Å²) in [6.07, 6.45) is 0. The zero-order valence-corrected chi connectivity index (χ0v) is 12.4. The molecule has 1 aromatic heterocycles. The van der Waals surface area contributed by atoms with Crippen molar-refractivity contribution >= 4 is 5.82 Å². The Hall–Kier alpha value is -3.22. The summed E-state index contributed by atoms with van der Waals surface area (Å²) in [5, 5.41) is 18.9. The molecule has 0 aliphatic rings. The Balaban J connectivity index is 2.05. The van der Waals surface area contributed by atoms with Crippen molar-refractivity contribution in [2.45, 2.75) is 6.54 Å².